The van der Waals surface area contributed by atoms with Gasteiger partial charge in [-0.25, -0.2) is 8.42 Å². The fraction of sp³-hybridized carbons (Fsp3) is 0.333. The van der Waals surface area contributed by atoms with Gasteiger partial charge in [-0.05, 0) is 61.4 Å². The number of hydrogen-bond donors (Lipinski definition) is 1. The van der Waals surface area contributed by atoms with Crippen LogP contribution >= 0.6 is 0 Å². The van der Waals surface area contributed by atoms with Crippen molar-refractivity contribution in [1.29, 1.82) is 0 Å². The number of carbonyl (C=O) groups is 2. The minimum atomic E-state index is -3.85. The van der Waals surface area contributed by atoms with Crippen LogP contribution in [0.15, 0.2) is 78.9 Å². The third-order valence-electron chi connectivity index (χ3n) is 6.22. The second-order valence-corrected chi connectivity index (χ2v) is 11.1. The van der Waals surface area contributed by atoms with Crippen LogP contribution < -0.4 is 19.1 Å². The molecule has 9 nitrogen and oxygen atoms in total. The molecule has 0 aliphatic rings. The van der Waals surface area contributed by atoms with Gasteiger partial charge in [0.05, 0.1) is 25.7 Å². The number of benzene rings is 3. The second kappa shape index (κ2) is 14.4. The van der Waals surface area contributed by atoms with E-state index < -0.39 is 28.5 Å². The number of hydrogen-bond acceptors (Lipinski definition) is 6. The van der Waals surface area contributed by atoms with Crippen LogP contribution in [0.25, 0.3) is 0 Å². The third-order valence-corrected chi connectivity index (χ3v) is 7.36. The Morgan fingerprint density at radius 3 is 2.17 bits per heavy atom. The van der Waals surface area contributed by atoms with Crippen molar-refractivity contribution < 1.29 is 27.5 Å². The second-order valence-electron chi connectivity index (χ2n) is 9.17. The minimum absolute atomic E-state index is 0.0749. The summed E-state index contributed by atoms with van der Waals surface area (Å²) >= 11 is 0. The van der Waals surface area contributed by atoms with E-state index in [1.54, 1.807) is 49.6 Å². The molecule has 214 valence electrons. The topological polar surface area (TPSA) is 105 Å². The standard InChI is InChI=1S/C30H37N3O6S/c1-5-31-30(35)28(20-23-11-8-7-9-12-23)32(21-24-13-10-14-27(19-24)38-3)29(34)22-33(40(4,36)37)25-15-17-26(18-16-25)39-6-2/h7-19,28H,5-6,20-22H2,1-4H3,(H,31,35). The van der Waals surface area contributed by atoms with E-state index in [-0.39, 0.29) is 18.9 Å². The van der Waals surface area contributed by atoms with Gasteiger partial charge in [0.2, 0.25) is 21.8 Å². The summed E-state index contributed by atoms with van der Waals surface area (Å²) in [5.41, 5.74) is 1.92. The van der Waals surface area contributed by atoms with Gasteiger partial charge in [0, 0.05) is 19.5 Å². The number of ether oxygens (including phenoxy) is 2. The highest BCUT2D eigenvalue weighted by molar-refractivity contribution is 7.92. The van der Waals surface area contributed by atoms with Crippen LogP contribution in [0.1, 0.15) is 25.0 Å². The SMILES string of the molecule is CCNC(=O)C(Cc1ccccc1)N(Cc1cccc(OC)c1)C(=O)CN(c1ccc(OCC)cc1)S(C)(=O)=O. The lowest BCUT2D eigenvalue weighted by Gasteiger charge is -2.33. The molecule has 1 unspecified atom stereocenters. The highest BCUT2D eigenvalue weighted by Gasteiger charge is 2.33. The zero-order chi connectivity index (χ0) is 29.1. The van der Waals surface area contributed by atoms with Gasteiger partial charge >= 0.3 is 0 Å². The molecule has 0 saturated carbocycles. The molecule has 40 heavy (non-hydrogen) atoms. The first-order valence-corrected chi connectivity index (χ1v) is 15.0. The summed E-state index contributed by atoms with van der Waals surface area (Å²) in [6.45, 7) is 4.10. The van der Waals surface area contributed by atoms with Gasteiger partial charge < -0.3 is 19.7 Å². The number of anilines is 1. The van der Waals surface area contributed by atoms with Crippen molar-refractivity contribution in [2.75, 3.05) is 37.4 Å². The molecule has 10 heteroatoms. The first-order valence-electron chi connectivity index (χ1n) is 13.1. The van der Waals surface area contributed by atoms with E-state index in [0.29, 0.717) is 30.3 Å². The Kier molecular flexibility index (Phi) is 11.0. The van der Waals surface area contributed by atoms with Crippen molar-refractivity contribution >= 4 is 27.5 Å². The monoisotopic (exact) mass is 567 g/mol. The van der Waals surface area contributed by atoms with Gasteiger partial charge in [0.15, 0.2) is 0 Å². The molecule has 0 aliphatic carbocycles. The van der Waals surface area contributed by atoms with Crippen LogP contribution in [0.5, 0.6) is 11.5 Å². The van der Waals surface area contributed by atoms with Gasteiger partial charge in [-0.15, -0.1) is 0 Å². The number of sulfonamides is 1. The first-order chi connectivity index (χ1) is 19.2. The molecule has 0 radical (unpaired) electrons. The summed E-state index contributed by atoms with van der Waals surface area (Å²) in [7, 11) is -2.29. The minimum Gasteiger partial charge on any atom is -0.497 e. The Morgan fingerprint density at radius 1 is 0.900 bits per heavy atom. The van der Waals surface area contributed by atoms with Crippen molar-refractivity contribution in [1.82, 2.24) is 10.2 Å². The number of rotatable bonds is 14. The molecule has 0 spiro atoms. The van der Waals surface area contributed by atoms with E-state index >= 15 is 0 Å². The number of nitrogens with one attached hydrogen (secondary N) is 1. The predicted molar refractivity (Wildman–Crippen MR) is 156 cm³/mol. The first kappa shape index (κ1) is 30.5. The van der Waals surface area contributed by atoms with Crippen LogP contribution in [-0.2, 0) is 32.6 Å². The summed E-state index contributed by atoms with van der Waals surface area (Å²) in [6.07, 6.45) is 1.30. The van der Waals surface area contributed by atoms with Crippen molar-refractivity contribution in [3.05, 3.63) is 90.0 Å². The molecule has 0 heterocycles. The van der Waals surface area contributed by atoms with Gasteiger partial charge in [-0.3, -0.25) is 13.9 Å². The van der Waals surface area contributed by atoms with Gasteiger partial charge in [0.1, 0.15) is 24.1 Å². The van der Waals surface area contributed by atoms with E-state index in [4.69, 9.17) is 9.47 Å². The molecular formula is C30H37N3O6S. The lowest BCUT2D eigenvalue weighted by Crippen LogP contribution is -2.53. The molecule has 3 aromatic rings. The molecule has 3 aromatic carbocycles. The molecule has 1 N–H and O–H groups in total. The number of likely N-dealkylation sites (N-methyl/N-ethyl adjacent to an activating group) is 1. The Hall–Kier alpha value is -4.05. The number of nitrogens with zero attached hydrogens (tertiary/aromatic N) is 2. The van der Waals surface area contributed by atoms with E-state index in [0.717, 1.165) is 21.7 Å². The van der Waals surface area contributed by atoms with Crippen LogP contribution in [0.2, 0.25) is 0 Å². The lowest BCUT2D eigenvalue weighted by atomic mass is 10.0. The molecular weight excluding hydrogens is 530 g/mol. The van der Waals surface area contributed by atoms with Gasteiger partial charge in [0.25, 0.3) is 0 Å². The summed E-state index contributed by atoms with van der Waals surface area (Å²) in [6, 6.07) is 22.2. The average Bonchev–Trinajstić information content (AvgIpc) is 2.94. The Balaban J connectivity index is 2.02. The van der Waals surface area contributed by atoms with Gasteiger partial charge in [-0.1, -0.05) is 42.5 Å². The Bertz CT molecular complexity index is 1360. The Labute approximate surface area is 236 Å². The molecule has 0 saturated heterocycles. The van der Waals surface area contributed by atoms with Gasteiger partial charge in [-0.2, -0.15) is 0 Å². The third kappa shape index (κ3) is 8.47. The van der Waals surface area contributed by atoms with Crippen molar-refractivity contribution in [2.24, 2.45) is 0 Å². The van der Waals surface area contributed by atoms with Crippen LogP contribution in [0.3, 0.4) is 0 Å². The van der Waals surface area contributed by atoms with E-state index in [1.165, 1.54) is 4.90 Å². The molecule has 0 aromatic heterocycles. The average molecular weight is 568 g/mol. The molecule has 1 atom stereocenters. The summed E-state index contributed by atoms with van der Waals surface area (Å²) in [5, 5.41) is 2.84. The van der Waals surface area contributed by atoms with E-state index in [2.05, 4.69) is 5.32 Å². The largest absolute Gasteiger partial charge is 0.497 e. The highest BCUT2D eigenvalue weighted by Crippen LogP contribution is 2.24. The number of carbonyl (C=O) groups excluding carboxylic acids is 2. The molecule has 2 amide bonds. The van der Waals surface area contributed by atoms with Crippen molar-refractivity contribution in [2.45, 2.75) is 32.9 Å². The smallest absolute Gasteiger partial charge is 0.244 e. The van der Waals surface area contributed by atoms with E-state index in [1.807, 2.05) is 50.2 Å². The van der Waals surface area contributed by atoms with Crippen LogP contribution in [-0.4, -0.2) is 64.2 Å². The molecule has 3 rings (SSSR count). The predicted octanol–water partition coefficient (Wildman–Crippen LogP) is 3.64. The maximum Gasteiger partial charge on any atom is 0.244 e. The number of amides is 2. The van der Waals surface area contributed by atoms with Crippen LogP contribution in [0.4, 0.5) is 5.69 Å². The molecule has 0 bridgehead atoms. The quantitative estimate of drug-likeness (QED) is 0.319. The summed E-state index contributed by atoms with van der Waals surface area (Å²) in [5.74, 6) is 0.350. The maximum atomic E-state index is 14.0. The fourth-order valence-electron chi connectivity index (χ4n) is 4.30. The normalized spacial score (nSPS) is 11.8. The van der Waals surface area contributed by atoms with E-state index in [9.17, 15) is 18.0 Å². The Morgan fingerprint density at radius 2 is 1.57 bits per heavy atom. The maximum absolute atomic E-state index is 14.0. The fourth-order valence-corrected chi connectivity index (χ4v) is 5.15. The van der Waals surface area contributed by atoms with Crippen molar-refractivity contribution in [3.8, 4) is 11.5 Å². The van der Waals surface area contributed by atoms with Crippen LogP contribution in [0, 0.1) is 0 Å². The summed E-state index contributed by atoms with van der Waals surface area (Å²) in [4.78, 5) is 28.9. The highest BCUT2D eigenvalue weighted by atomic mass is 32.2. The zero-order valence-corrected chi connectivity index (χ0v) is 24.2. The summed E-state index contributed by atoms with van der Waals surface area (Å²) < 4.78 is 37.6. The number of methoxy groups -OCH3 is 1. The van der Waals surface area contributed by atoms with Crippen molar-refractivity contribution in [3.63, 3.8) is 0 Å². The zero-order valence-electron chi connectivity index (χ0n) is 23.4. The molecule has 0 aliphatic heterocycles. The lowest BCUT2D eigenvalue weighted by molar-refractivity contribution is -0.140. The molecule has 0 fully saturated rings.